The van der Waals surface area contributed by atoms with Gasteiger partial charge in [-0.2, -0.15) is 18.3 Å². The highest BCUT2D eigenvalue weighted by molar-refractivity contribution is 7.78. The monoisotopic (exact) mass is 517 g/mol. The molecule has 6 nitrogen and oxygen atoms in total. The minimum Gasteiger partial charge on any atom is -0.324 e. The number of hydrogen-bond acceptors (Lipinski definition) is 3. The quantitative estimate of drug-likeness (QED) is 0.242. The van der Waals surface area contributed by atoms with E-state index in [1.807, 2.05) is 0 Å². The Morgan fingerprint density at radius 3 is 2.14 bits per heavy atom. The zero-order valence-corrected chi connectivity index (χ0v) is 19.3. The van der Waals surface area contributed by atoms with Crippen molar-refractivity contribution in [1.82, 2.24) is 9.78 Å². The molecule has 1 unspecified atom stereocenters. The van der Waals surface area contributed by atoms with Gasteiger partial charge in [0, 0.05) is 16.8 Å². The molecule has 4 aromatic rings. The first-order valence-electron chi connectivity index (χ1n) is 10.6. The third-order valence-electron chi connectivity index (χ3n) is 5.22. The Labute approximate surface area is 205 Å². The number of amides is 1. The summed E-state index contributed by atoms with van der Waals surface area (Å²) in [6.07, 6.45) is -4.89. The van der Waals surface area contributed by atoms with E-state index in [9.17, 15) is 26.6 Å². The van der Waals surface area contributed by atoms with Crippen molar-refractivity contribution in [3.05, 3.63) is 95.9 Å². The number of hydrogen-bond donors (Lipinski definition) is 2. The van der Waals surface area contributed by atoms with Crippen LogP contribution in [0.5, 0.6) is 0 Å². The van der Waals surface area contributed by atoms with Crippen LogP contribution in [0.3, 0.4) is 0 Å². The molecule has 0 radical (unpaired) electrons. The zero-order chi connectivity index (χ0) is 25.9. The topological polar surface area (TPSA) is 84.2 Å². The summed E-state index contributed by atoms with van der Waals surface area (Å²) in [4.78, 5) is 12.6. The van der Waals surface area contributed by atoms with E-state index in [4.69, 9.17) is 4.55 Å². The van der Waals surface area contributed by atoms with Gasteiger partial charge < -0.3 is 9.87 Å². The summed E-state index contributed by atoms with van der Waals surface area (Å²) in [6, 6.07) is 18.7. The largest absolute Gasteiger partial charge is 0.433 e. The molecular formula is C25H19F4N3O3S. The molecule has 4 rings (SSSR count). The number of rotatable bonds is 7. The minimum atomic E-state index is -4.89. The Hall–Kier alpha value is -3.83. The van der Waals surface area contributed by atoms with Crippen LogP contribution in [0.15, 0.2) is 78.9 Å². The van der Waals surface area contributed by atoms with Crippen LogP contribution >= 0.6 is 0 Å². The van der Waals surface area contributed by atoms with Crippen LogP contribution in [0.2, 0.25) is 0 Å². The highest BCUT2D eigenvalue weighted by Crippen LogP contribution is 2.42. The van der Waals surface area contributed by atoms with E-state index in [-0.39, 0.29) is 28.1 Å². The van der Waals surface area contributed by atoms with Crippen LogP contribution in [0, 0.1) is 5.82 Å². The van der Waals surface area contributed by atoms with Crippen LogP contribution in [0.1, 0.15) is 11.3 Å². The molecule has 11 heteroatoms. The SMILES string of the molecule is O=C(Cn1nc(-c2ccc(CS(=O)O)cc2)c(-c2ccc(F)cc2)c1C(F)(F)F)Nc1ccccc1. The van der Waals surface area contributed by atoms with Gasteiger partial charge in [-0.25, -0.2) is 13.3 Å². The number of anilines is 1. The molecule has 0 fully saturated rings. The molecule has 0 aliphatic rings. The molecule has 36 heavy (non-hydrogen) atoms. The van der Waals surface area contributed by atoms with Gasteiger partial charge in [0.15, 0.2) is 16.8 Å². The summed E-state index contributed by atoms with van der Waals surface area (Å²) in [6.45, 7) is -0.723. The molecular weight excluding hydrogens is 498 g/mol. The lowest BCUT2D eigenvalue weighted by molar-refractivity contribution is -0.144. The number of halogens is 4. The second-order valence-corrected chi connectivity index (χ2v) is 8.74. The second kappa shape index (κ2) is 10.4. The lowest BCUT2D eigenvalue weighted by Gasteiger charge is -2.13. The molecule has 0 bridgehead atoms. The summed E-state index contributed by atoms with van der Waals surface area (Å²) in [5.41, 5.74) is -0.275. The number of benzene rings is 3. The highest BCUT2D eigenvalue weighted by Gasteiger charge is 2.41. The van der Waals surface area contributed by atoms with Crippen LogP contribution in [-0.4, -0.2) is 24.4 Å². The molecule has 0 aliphatic heterocycles. The van der Waals surface area contributed by atoms with Crippen LogP contribution in [0.25, 0.3) is 22.4 Å². The van der Waals surface area contributed by atoms with E-state index in [1.54, 1.807) is 30.3 Å². The van der Waals surface area contributed by atoms with Crippen molar-refractivity contribution in [3.8, 4) is 22.4 Å². The van der Waals surface area contributed by atoms with Crippen molar-refractivity contribution < 1.29 is 31.1 Å². The van der Waals surface area contributed by atoms with Crippen molar-refractivity contribution in [1.29, 1.82) is 0 Å². The van der Waals surface area contributed by atoms with E-state index in [0.29, 0.717) is 15.9 Å². The standard InChI is InChI=1S/C25H19F4N3O3S/c26-19-12-10-17(11-13-19)22-23(18-8-6-16(7-9-18)15-36(34)35)31-32(24(22)25(27,28)29)14-21(33)30-20-4-2-1-3-5-20/h1-13H,14-15H2,(H,30,33)(H,34,35). The maximum atomic E-state index is 14.4. The van der Waals surface area contributed by atoms with Crippen molar-refractivity contribution >= 4 is 22.7 Å². The minimum absolute atomic E-state index is 0.0639. The average molecular weight is 518 g/mol. The van der Waals surface area contributed by atoms with Gasteiger partial charge in [-0.3, -0.25) is 4.79 Å². The maximum Gasteiger partial charge on any atom is 0.433 e. The number of nitrogens with zero attached hydrogens (tertiary/aromatic N) is 2. The fourth-order valence-electron chi connectivity index (χ4n) is 3.72. The molecule has 0 saturated carbocycles. The predicted octanol–water partition coefficient (Wildman–Crippen LogP) is 5.74. The van der Waals surface area contributed by atoms with Crippen molar-refractivity contribution in [3.63, 3.8) is 0 Å². The van der Waals surface area contributed by atoms with Gasteiger partial charge in [0.05, 0.1) is 5.75 Å². The van der Waals surface area contributed by atoms with Crippen LogP contribution in [0.4, 0.5) is 23.2 Å². The molecule has 1 atom stereocenters. The summed E-state index contributed by atoms with van der Waals surface area (Å²) < 4.78 is 77.4. The third-order valence-corrected chi connectivity index (χ3v) is 5.80. The molecule has 1 amide bonds. The lowest BCUT2D eigenvalue weighted by Crippen LogP contribution is -2.24. The van der Waals surface area contributed by atoms with Crippen molar-refractivity contribution in [2.45, 2.75) is 18.5 Å². The van der Waals surface area contributed by atoms with E-state index in [2.05, 4.69) is 10.4 Å². The first-order chi connectivity index (χ1) is 17.1. The van der Waals surface area contributed by atoms with E-state index < -0.39 is 41.2 Å². The highest BCUT2D eigenvalue weighted by atomic mass is 32.2. The molecule has 0 spiro atoms. The van der Waals surface area contributed by atoms with Gasteiger partial charge in [-0.1, -0.05) is 54.6 Å². The molecule has 1 aromatic heterocycles. The lowest BCUT2D eigenvalue weighted by atomic mass is 9.98. The van der Waals surface area contributed by atoms with Crippen LogP contribution < -0.4 is 5.32 Å². The molecule has 3 aromatic carbocycles. The Morgan fingerprint density at radius 2 is 1.56 bits per heavy atom. The van der Waals surface area contributed by atoms with Gasteiger partial charge in [0.2, 0.25) is 5.91 Å². The Kier molecular flexibility index (Phi) is 7.32. The van der Waals surface area contributed by atoms with Gasteiger partial charge in [0.1, 0.15) is 18.1 Å². The molecule has 0 saturated heterocycles. The second-order valence-electron chi connectivity index (χ2n) is 7.81. The first kappa shape index (κ1) is 25.3. The van der Waals surface area contributed by atoms with Gasteiger partial charge in [-0.15, -0.1) is 0 Å². The molecule has 2 N–H and O–H groups in total. The third kappa shape index (κ3) is 5.86. The van der Waals surface area contributed by atoms with Crippen molar-refractivity contribution in [2.75, 3.05) is 5.32 Å². The number of carbonyl (C=O) groups is 1. The number of nitrogens with one attached hydrogen (secondary N) is 1. The first-order valence-corrected chi connectivity index (χ1v) is 11.8. The molecule has 0 aliphatic carbocycles. The maximum absolute atomic E-state index is 14.4. The summed E-state index contributed by atoms with van der Waals surface area (Å²) in [5.74, 6) is -1.48. The Morgan fingerprint density at radius 1 is 0.944 bits per heavy atom. The summed E-state index contributed by atoms with van der Waals surface area (Å²) in [7, 11) is 0. The Balaban J connectivity index is 1.83. The van der Waals surface area contributed by atoms with Gasteiger partial charge in [-0.05, 0) is 35.4 Å². The average Bonchev–Trinajstić information content (AvgIpc) is 3.19. The van der Waals surface area contributed by atoms with E-state index >= 15 is 0 Å². The van der Waals surface area contributed by atoms with E-state index in [0.717, 1.165) is 12.1 Å². The fourth-order valence-corrected chi connectivity index (χ4v) is 4.19. The smallest absolute Gasteiger partial charge is 0.324 e. The van der Waals surface area contributed by atoms with Gasteiger partial charge in [0.25, 0.3) is 0 Å². The molecule has 186 valence electrons. The molecule has 1 heterocycles. The number of carbonyl (C=O) groups excluding carboxylic acids is 1. The van der Waals surface area contributed by atoms with Gasteiger partial charge >= 0.3 is 6.18 Å². The summed E-state index contributed by atoms with van der Waals surface area (Å²) >= 11 is -2.09. The van der Waals surface area contributed by atoms with E-state index in [1.165, 1.54) is 36.4 Å². The number of para-hydroxylation sites is 1. The fraction of sp³-hybridized carbons (Fsp3) is 0.120. The number of aromatic nitrogens is 2. The van der Waals surface area contributed by atoms with Crippen molar-refractivity contribution in [2.24, 2.45) is 0 Å². The predicted molar refractivity (Wildman–Crippen MR) is 128 cm³/mol. The number of alkyl halides is 3. The Bertz CT molecular complexity index is 1390. The normalized spacial score (nSPS) is 12.4. The summed E-state index contributed by atoms with van der Waals surface area (Å²) in [5, 5.41) is 6.69. The zero-order valence-electron chi connectivity index (χ0n) is 18.5. The van der Waals surface area contributed by atoms with Crippen LogP contribution in [-0.2, 0) is 34.3 Å².